The van der Waals surface area contributed by atoms with Crippen LogP contribution < -0.4 is 0 Å². The van der Waals surface area contributed by atoms with Crippen molar-refractivity contribution < 1.29 is 20.1 Å². The van der Waals surface area contributed by atoms with Gasteiger partial charge in [0, 0.05) is 25.5 Å². The number of hydrogen-bond acceptors (Lipinski definition) is 1. The molecule has 1 nitrogen and oxygen atoms in total. The van der Waals surface area contributed by atoms with Crippen LogP contribution in [0.1, 0.15) is 0 Å². The molecule has 0 spiro atoms. The first-order valence-electron chi connectivity index (χ1n) is 8.08. The van der Waals surface area contributed by atoms with Crippen molar-refractivity contribution >= 4 is 32.4 Å². The van der Waals surface area contributed by atoms with E-state index in [-0.39, 0.29) is 20.1 Å². The Kier molecular flexibility index (Phi) is 4.09. The van der Waals surface area contributed by atoms with Crippen LogP contribution >= 0.6 is 0 Å². The molecule has 121 valence electrons. The first-order valence-corrected chi connectivity index (χ1v) is 8.08. The van der Waals surface area contributed by atoms with Gasteiger partial charge in [-0.15, -0.1) is 29.1 Å². The molecule has 4 aromatic carbocycles. The van der Waals surface area contributed by atoms with Crippen LogP contribution in [-0.2, 0) is 20.1 Å². The predicted molar refractivity (Wildman–Crippen MR) is 101 cm³/mol. The predicted octanol–water partition coefficient (Wildman–Crippen LogP) is 6.01. The van der Waals surface area contributed by atoms with Gasteiger partial charge in [-0.05, 0) is 22.5 Å². The second-order valence-corrected chi connectivity index (χ2v) is 5.99. The number of fused-ring (bicyclic) bond motifs is 4. The molecule has 2 heteroatoms. The summed E-state index contributed by atoms with van der Waals surface area (Å²) in [5.74, 6) is 0. The number of nitrogens with zero attached hydrogens (tertiary/aromatic N) is 1. The molecule has 0 saturated carbocycles. The van der Waals surface area contributed by atoms with E-state index in [0.29, 0.717) is 0 Å². The Morgan fingerprint density at radius 1 is 0.600 bits per heavy atom. The Labute approximate surface area is 159 Å². The van der Waals surface area contributed by atoms with Crippen molar-refractivity contribution in [2.75, 3.05) is 0 Å². The van der Waals surface area contributed by atoms with Crippen molar-refractivity contribution in [3.63, 3.8) is 0 Å². The molecule has 0 N–H and O–H groups in total. The van der Waals surface area contributed by atoms with E-state index in [4.69, 9.17) is 4.98 Å². The summed E-state index contributed by atoms with van der Waals surface area (Å²) in [7, 11) is 0. The third kappa shape index (κ3) is 2.64. The average molecular weight is 497 g/mol. The van der Waals surface area contributed by atoms with Gasteiger partial charge in [0.05, 0.1) is 5.52 Å². The monoisotopic (exact) mass is 497 g/mol. The van der Waals surface area contributed by atoms with Crippen LogP contribution in [0.3, 0.4) is 0 Å². The van der Waals surface area contributed by atoms with Crippen molar-refractivity contribution in [2.24, 2.45) is 0 Å². The molecule has 25 heavy (non-hydrogen) atoms. The van der Waals surface area contributed by atoms with Gasteiger partial charge >= 0.3 is 0 Å². The quantitative estimate of drug-likeness (QED) is 0.205. The van der Waals surface area contributed by atoms with Gasteiger partial charge < -0.3 is 0 Å². The summed E-state index contributed by atoms with van der Waals surface area (Å²) in [4.78, 5) is 4.91. The fourth-order valence-corrected chi connectivity index (χ4v) is 3.40. The van der Waals surface area contributed by atoms with E-state index < -0.39 is 0 Å². The summed E-state index contributed by atoms with van der Waals surface area (Å²) >= 11 is 0. The zero-order valence-corrected chi connectivity index (χ0v) is 15.8. The van der Waals surface area contributed by atoms with E-state index in [1.807, 2.05) is 6.07 Å². The number of benzene rings is 4. The molecular formula is C23H14IrN-. The molecule has 0 aliphatic rings. The zero-order chi connectivity index (χ0) is 15.9. The summed E-state index contributed by atoms with van der Waals surface area (Å²) in [6.07, 6.45) is 0. The van der Waals surface area contributed by atoms with Crippen LogP contribution in [0, 0.1) is 6.07 Å². The second-order valence-electron chi connectivity index (χ2n) is 5.99. The smallest absolute Gasteiger partial charge is 0.0601 e. The Bertz CT molecular complexity index is 1210. The summed E-state index contributed by atoms with van der Waals surface area (Å²) in [5.41, 5.74) is 3.05. The van der Waals surface area contributed by atoms with Gasteiger partial charge in [0.2, 0.25) is 0 Å². The van der Waals surface area contributed by atoms with Crippen LogP contribution in [0.2, 0.25) is 0 Å². The number of pyridine rings is 1. The largest absolute Gasteiger partial charge is 0.296 e. The Hall–Kier alpha value is -2.54. The van der Waals surface area contributed by atoms with Gasteiger partial charge in [-0.3, -0.25) is 4.98 Å². The number of aromatic nitrogens is 1. The molecule has 1 aromatic heterocycles. The molecule has 0 bridgehead atoms. The SMILES string of the molecule is [Ir].[c-]1ccc2ccccc2c1-c1ccc2c(ccc3ccccc32)n1. The molecule has 0 atom stereocenters. The van der Waals surface area contributed by atoms with Crippen molar-refractivity contribution in [1.82, 2.24) is 4.98 Å². The molecule has 1 radical (unpaired) electrons. The molecule has 0 amide bonds. The van der Waals surface area contributed by atoms with Crippen molar-refractivity contribution in [3.05, 3.63) is 91.0 Å². The maximum absolute atomic E-state index is 4.91. The minimum atomic E-state index is 0. The van der Waals surface area contributed by atoms with E-state index >= 15 is 0 Å². The Morgan fingerprint density at radius 3 is 2.16 bits per heavy atom. The van der Waals surface area contributed by atoms with Gasteiger partial charge in [-0.25, -0.2) is 0 Å². The zero-order valence-electron chi connectivity index (χ0n) is 13.4. The van der Waals surface area contributed by atoms with Gasteiger partial charge in [-0.1, -0.05) is 72.1 Å². The van der Waals surface area contributed by atoms with Gasteiger partial charge in [0.1, 0.15) is 0 Å². The van der Waals surface area contributed by atoms with E-state index in [0.717, 1.165) is 16.8 Å². The molecule has 0 unspecified atom stereocenters. The van der Waals surface area contributed by atoms with E-state index in [1.54, 1.807) is 0 Å². The third-order valence-corrected chi connectivity index (χ3v) is 4.57. The molecule has 5 aromatic rings. The molecule has 0 fully saturated rings. The van der Waals surface area contributed by atoms with E-state index in [2.05, 4.69) is 84.9 Å². The Morgan fingerprint density at radius 2 is 1.32 bits per heavy atom. The van der Waals surface area contributed by atoms with Crippen molar-refractivity contribution in [3.8, 4) is 11.3 Å². The maximum Gasteiger partial charge on any atom is 0.0601 e. The molecule has 5 rings (SSSR count). The standard InChI is InChI=1S/C23H14N.Ir/c1-3-9-18-16(6-1)8-5-11-20(18)23-15-13-21-19-10-4-2-7-17(19)12-14-22(21)24-23;/h1-10,12-15H;/q-1;. The average Bonchev–Trinajstić information content (AvgIpc) is 2.67. The second kappa shape index (κ2) is 6.40. The molecule has 0 saturated heterocycles. The molecular weight excluding hydrogens is 482 g/mol. The maximum atomic E-state index is 4.91. The fraction of sp³-hybridized carbons (Fsp3) is 0. The van der Waals surface area contributed by atoms with Gasteiger partial charge in [0.25, 0.3) is 0 Å². The Balaban J connectivity index is 0.00000157. The molecule has 0 aliphatic heterocycles. The van der Waals surface area contributed by atoms with Crippen LogP contribution in [0.25, 0.3) is 43.7 Å². The number of rotatable bonds is 1. The number of hydrogen-bond donors (Lipinski definition) is 0. The normalized spacial score (nSPS) is 10.9. The van der Waals surface area contributed by atoms with Crippen molar-refractivity contribution in [2.45, 2.75) is 0 Å². The van der Waals surface area contributed by atoms with Gasteiger partial charge in [0.15, 0.2) is 0 Å². The van der Waals surface area contributed by atoms with E-state index in [9.17, 15) is 0 Å². The minimum Gasteiger partial charge on any atom is -0.296 e. The van der Waals surface area contributed by atoms with Crippen LogP contribution in [-0.4, -0.2) is 4.98 Å². The molecule has 0 aliphatic carbocycles. The van der Waals surface area contributed by atoms with Crippen LogP contribution in [0.4, 0.5) is 0 Å². The van der Waals surface area contributed by atoms with Gasteiger partial charge in [-0.2, -0.15) is 0 Å². The van der Waals surface area contributed by atoms with Crippen LogP contribution in [0.15, 0.2) is 84.9 Å². The summed E-state index contributed by atoms with van der Waals surface area (Å²) in [6, 6.07) is 32.8. The van der Waals surface area contributed by atoms with Crippen molar-refractivity contribution in [1.29, 1.82) is 0 Å². The minimum absolute atomic E-state index is 0. The summed E-state index contributed by atoms with van der Waals surface area (Å²) < 4.78 is 0. The third-order valence-electron chi connectivity index (χ3n) is 4.57. The topological polar surface area (TPSA) is 12.9 Å². The molecule has 1 heterocycles. The van der Waals surface area contributed by atoms with E-state index in [1.165, 1.54) is 26.9 Å². The summed E-state index contributed by atoms with van der Waals surface area (Å²) in [6.45, 7) is 0. The van der Waals surface area contributed by atoms with Crippen LogP contribution in [0.5, 0.6) is 0 Å². The first-order chi connectivity index (χ1) is 11.9. The summed E-state index contributed by atoms with van der Waals surface area (Å²) in [5, 5.41) is 6.09. The fourth-order valence-electron chi connectivity index (χ4n) is 3.40. The first kappa shape index (κ1) is 16.0.